The second-order valence-corrected chi connectivity index (χ2v) is 4.55. The number of halogens is 3. The molecule has 0 aliphatic heterocycles. The van der Waals surface area contributed by atoms with Crippen molar-refractivity contribution < 1.29 is 9.66 Å². The number of benzene rings is 1. The molecule has 16 heavy (non-hydrogen) atoms. The highest BCUT2D eigenvalue weighted by atomic mass is 79.9. The molecule has 0 aliphatic carbocycles. The van der Waals surface area contributed by atoms with Gasteiger partial charge in [0.25, 0.3) is 0 Å². The molecule has 4 nitrogen and oxygen atoms in total. The summed E-state index contributed by atoms with van der Waals surface area (Å²) >= 11 is 14.4. The van der Waals surface area contributed by atoms with Crippen LogP contribution in [-0.2, 0) is 0 Å². The van der Waals surface area contributed by atoms with E-state index in [0.717, 1.165) is 0 Å². The zero-order chi connectivity index (χ0) is 12.1. The SMILES string of the molecule is O=[N+]([O-])c1cc(Cl)cc(Br)c1OCCCCl. The summed E-state index contributed by atoms with van der Waals surface area (Å²) in [5.41, 5.74) is -0.158. The number of hydrogen-bond acceptors (Lipinski definition) is 3. The molecular formula is C9H8BrCl2NO3. The lowest BCUT2D eigenvalue weighted by molar-refractivity contribution is -0.385. The van der Waals surface area contributed by atoms with Crippen LogP contribution in [0.3, 0.4) is 0 Å². The van der Waals surface area contributed by atoms with Crippen molar-refractivity contribution in [2.24, 2.45) is 0 Å². The number of rotatable bonds is 5. The van der Waals surface area contributed by atoms with Crippen LogP contribution in [0.4, 0.5) is 5.69 Å². The lowest BCUT2D eigenvalue weighted by Gasteiger charge is -2.08. The van der Waals surface area contributed by atoms with Gasteiger partial charge in [-0.05, 0) is 28.4 Å². The Labute approximate surface area is 111 Å². The highest BCUT2D eigenvalue weighted by Crippen LogP contribution is 2.37. The predicted molar refractivity (Wildman–Crippen MR) is 66.6 cm³/mol. The van der Waals surface area contributed by atoms with Crippen molar-refractivity contribution in [3.8, 4) is 5.75 Å². The van der Waals surface area contributed by atoms with E-state index in [-0.39, 0.29) is 16.5 Å². The van der Waals surface area contributed by atoms with E-state index in [4.69, 9.17) is 27.9 Å². The van der Waals surface area contributed by atoms with Crippen LogP contribution in [0.5, 0.6) is 5.75 Å². The van der Waals surface area contributed by atoms with Gasteiger partial charge in [0.1, 0.15) is 0 Å². The van der Waals surface area contributed by atoms with Crippen LogP contribution in [0, 0.1) is 10.1 Å². The molecule has 1 aromatic carbocycles. The van der Waals surface area contributed by atoms with Crippen LogP contribution in [0.15, 0.2) is 16.6 Å². The Kier molecular flexibility index (Phi) is 5.31. The second-order valence-electron chi connectivity index (χ2n) is 2.88. The number of ether oxygens (including phenoxy) is 1. The molecular weight excluding hydrogens is 321 g/mol. The highest BCUT2D eigenvalue weighted by Gasteiger charge is 2.19. The van der Waals surface area contributed by atoms with E-state index in [1.165, 1.54) is 6.07 Å². The summed E-state index contributed by atoms with van der Waals surface area (Å²) in [5, 5.41) is 11.1. The van der Waals surface area contributed by atoms with Crippen LogP contribution in [0.25, 0.3) is 0 Å². The average Bonchev–Trinajstić information content (AvgIpc) is 2.20. The van der Waals surface area contributed by atoms with Gasteiger partial charge in [-0.25, -0.2) is 0 Å². The third-order valence-corrected chi connectivity index (χ3v) is 2.78. The monoisotopic (exact) mass is 327 g/mol. The maximum absolute atomic E-state index is 10.8. The van der Waals surface area contributed by atoms with Crippen LogP contribution < -0.4 is 4.74 Å². The van der Waals surface area contributed by atoms with Gasteiger partial charge in [0.15, 0.2) is 0 Å². The first kappa shape index (κ1) is 13.5. The molecule has 88 valence electrons. The van der Waals surface area contributed by atoms with Crippen LogP contribution in [0.2, 0.25) is 5.02 Å². The van der Waals surface area contributed by atoms with Crippen molar-refractivity contribution in [1.29, 1.82) is 0 Å². The fraction of sp³-hybridized carbons (Fsp3) is 0.333. The summed E-state index contributed by atoms with van der Waals surface area (Å²) in [5.74, 6) is 0.624. The smallest absolute Gasteiger partial charge is 0.313 e. The molecule has 0 N–H and O–H groups in total. The minimum Gasteiger partial charge on any atom is -0.486 e. The average molecular weight is 329 g/mol. The van der Waals surface area contributed by atoms with Gasteiger partial charge in [0, 0.05) is 17.0 Å². The zero-order valence-electron chi connectivity index (χ0n) is 8.08. The van der Waals surface area contributed by atoms with Crippen LogP contribution >= 0.6 is 39.1 Å². The van der Waals surface area contributed by atoms with Crippen molar-refractivity contribution in [2.75, 3.05) is 12.5 Å². The first-order valence-electron chi connectivity index (χ1n) is 4.38. The van der Waals surface area contributed by atoms with Gasteiger partial charge in [0.05, 0.1) is 16.0 Å². The molecule has 7 heteroatoms. The second kappa shape index (κ2) is 6.27. The summed E-state index contributed by atoms with van der Waals surface area (Å²) in [7, 11) is 0. The third kappa shape index (κ3) is 3.50. The van der Waals surface area contributed by atoms with E-state index in [9.17, 15) is 10.1 Å². The first-order valence-corrected chi connectivity index (χ1v) is 6.09. The van der Waals surface area contributed by atoms with Crippen LogP contribution in [-0.4, -0.2) is 17.4 Å². The van der Waals surface area contributed by atoms with E-state index in [1.54, 1.807) is 6.07 Å². The quantitative estimate of drug-likeness (QED) is 0.355. The maximum atomic E-state index is 10.8. The summed E-state index contributed by atoms with van der Waals surface area (Å²) in [6, 6.07) is 2.80. The molecule has 0 heterocycles. The lowest BCUT2D eigenvalue weighted by Crippen LogP contribution is -2.02. The van der Waals surface area contributed by atoms with E-state index >= 15 is 0 Å². The molecule has 1 rings (SSSR count). The van der Waals surface area contributed by atoms with Crippen molar-refractivity contribution in [2.45, 2.75) is 6.42 Å². The Hall–Kier alpha value is -0.520. The molecule has 0 unspecified atom stereocenters. The molecule has 0 radical (unpaired) electrons. The fourth-order valence-corrected chi connectivity index (χ4v) is 2.07. The van der Waals surface area contributed by atoms with Gasteiger partial charge >= 0.3 is 5.69 Å². The lowest BCUT2D eigenvalue weighted by atomic mass is 10.3. The molecule has 0 amide bonds. The van der Waals surface area contributed by atoms with Crippen molar-refractivity contribution in [3.63, 3.8) is 0 Å². The Morgan fingerprint density at radius 1 is 1.50 bits per heavy atom. The Morgan fingerprint density at radius 2 is 2.19 bits per heavy atom. The summed E-state index contributed by atoms with van der Waals surface area (Å²) < 4.78 is 5.75. The van der Waals surface area contributed by atoms with E-state index in [0.29, 0.717) is 23.4 Å². The van der Waals surface area contributed by atoms with Crippen LogP contribution in [0.1, 0.15) is 6.42 Å². The molecule has 0 aliphatic rings. The normalized spacial score (nSPS) is 10.2. The first-order chi connectivity index (χ1) is 7.56. The largest absolute Gasteiger partial charge is 0.486 e. The molecule has 0 aromatic heterocycles. The number of nitrogens with zero attached hydrogens (tertiary/aromatic N) is 1. The molecule has 0 fully saturated rings. The van der Waals surface area contributed by atoms with E-state index in [2.05, 4.69) is 15.9 Å². The number of nitro groups is 1. The topological polar surface area (TPSA) is 52.4 Å². The standard InChI is InChI=1S/C9H8BrCl2NO3/c10-7-4-6(12)5-8(13(14)15)9(7)16-3-1-2-11/h4-5H,1-3H2. The van der Waals surface area contributed by atoms with Crippen molar-refractivity contribution in [3.05, 3.63) is 31.7 Å². The number of nitro benzene ring substituents is 1. The fourth-order valence-electron chi connectivity index (χ4n) is 1.05. The van der Waals surface area contributed by atoms with Crippen molar-refractivity contribution in [1.82, 2.24) is 0 Å². The Balaban J connectivity index is 2.99. The van der Waals surface area contributed by atoms with Gasteiger partial charge in [0.2, 0.25) is 5.75 Å². The Bertz CT molecular complexity index is 401. The third-order valence-electron chi connectivity index (χ3n) is 1.71. The minimum absolute atomic E-state index is 0.158. The molecule has 0 saturated carbocycles. The highest BCUT2D eigenvalue weighted by molar-refractivity contribution is 9.10. The summed E-state index contributed by atoms with van der Waals surface area (Å²) in [6.45, 7) is 0.324. The van der Waals surface area contributed by atoms with E-state index < -0.39 is 4.92 Å². The molecule has 0 atom stereocenters. The van der Waals surface area contributed by atoms with Gasteiger partial charge < -0.3 is 4.74 Å². The molecule has 1 aromatic rings. The maximum Gasteiger partial charge on any atom is 0.313 e. The minimum atomic E-state index is -0.535. The zero-order valence-corrected chi connectivity index (χ0v) is 11.2. The van der Waals surface area contributed by atoms with Gasteiger partial charge in [-0.1, -0.05) is 11.6 Å². The predicted octanol–water partition coefficient (Wildman–Crippen LogP) is 4.02. The van der Waals surface area contributed by atoms with Crippen molar-refractivity contribution >= 4 is 44.8 Å². The van der Waals surface area contributed by atoms with Gasteiger partial charge in [-0.2, -0.15) is 0 Å². The molecule has 0 spiro atoms. The van der Waals surface area contributed by atoms with Gasteiger partial charge in [-0.15, -0.1) is 11.6 Å². The summed E-state index contributed by atoms with van der Waals surface area (Å²) in [4.78, 5) is 10.2. The molecule has 0 saturated heterocycles. The number of hydrogen-bond donors (Lipinski definition) is 0. The Morgan fingerprint density at radius 3 is 2.75 bits per heavy atom. The number of alkyl halides is 1. The summed E-state index contributed by atoms with van der Waals surface area (Å²) in [6.07, 6.45) is 0.619. The molecule has 0 bridgehead atoms. The van der Waals surface area contributed by atoms with Gasteiger partial charge in [-0.3, -0.25) is 10.1 Å². The van der Waals surface area contributed by atoms with E-state index in [1.807, 2.05) is 0 Å².